The molecule has 0 saturated carbocycles. The molecular weight excluding hydrogens is 242 g/mol. The summed E-state index contributed by atoms with van der Waals surface area (Å²) in [4.78, 5) is 13.3. The standard InChI is InChI=1S/C14H19N3O2/c1-16-10-12-6-3-4-7-13(12)19-11-14(18)17(2)9-5-8-15/h3-4,6-7,16H,5,9-11H2,1-2H3. The van der Waals surface area contributed by atoms with Crippen molar-refractivity contribution in [1.29, 1.82) is 5.26 Å². The summed E-state index contributed by atoms with van der Waals surface area (Å²) >= 11 is 0. The van der Waals surface area contributed by atoms with Crippen LogP contribution in [0.1, 0.15) is 12.0 Å². The Kier molecular flexibility index (Phi) is 6.41. The molecule has 5 heteroatoms. The minimum Gasteiger partial charge on any atom is -0.483 e. The monoisotopic (exact) mass is 261 g/mol. The number of para-hydroxylation sites is 1. The molecule has 5 nitrogen and oxygen atoms in total. The van der Waals surface area contributed by atoms with Gasteiger partial charge in [0.15, 0.2) is 6.61 Å². The van der Waals surface area contributed by atoms with Crippen LogP contribution in [0.2, 0.25) is 0 Å². The maximum atomic E-state index is 11.8. The van der Waals surface area contributed by atoms with Crippen molar-refractivity contribution in [2.45, 2.75) is 13.0 Å². The van der Waals surface area contributed by atoms with Crippen LogP contribution in [-0.2, 0) is 11.3 Å². The third-order valence-electron chi connectivity index (χ3n) is 2.68. The van der Waals surface area contributed by atoms with Crippen LogP contribution < -0.4 is 10.1 Å². The number of ether oxygens (including phenoxy) is 1. The Labute approximate surface area is 113 Å². The van der Waals surface area contributed by atoms with Crippen molar-refractivity contribution in [2.24, 2.45) is 0 Å². The molecule has 1 amide bonds. The zero-order chi connectivity index (χ0) is 14.1. The summed E-state index contributed by atoms with van der Waals surface area (Å²) in [5.74, 6) is 0.577. The summed E-state index contributed by atoms with van der Waals surface area (Å²) in [6, 6.07) is 9.61. The van der Waals surface area contributed by atoms with Gasteiger partial charge in [-0.25, -0.2) is 0 Å². The van der Waals surface area contributed by atoms with E-state index in [1.165, 1.54) is 4.90 Å². The van der Waals surface area contributed by atoms with Gasteiger partial charge in [0.2, 0.25) is 0 Å². The van der Waals surface area contributed by atoms with Crippen LogP contribution in [0.15, 0.2) is 24.3 Å². The number of nitriles is 1. The average Bonchev–Trinajstić information content (AvgIpc) is 2.43. The van der Waals surface area contributed by atoms with Crippen molar-refractivity contribution in [2.75, 3.05) is 27.2 Å². The van der Waals surface area contributed by atoms with E-state index in [-0.39, 0.29) is 12.5 Å². The number of carbonyl (C=O) groups is 1. The van der Waals surface area contributed by atoms with E-state index in [4.69, 9.17) is 10.00 Å². The Morgan fingerprint density at radius 1 is 1.47 bits per heavy atom. The number of benzene rings is 1. The molecule has 0 aromatic heterocycles. The van der Waals surface area contributed by atoms with E-state index in [1.807, 2.05) is 37.4 Å². The Balaban J connectivity index is 2.52. The first kappa shape index (κ1) is 15.0. The molecule has 0 bridgehead atoms. The highest BCUT2D eigenvalue weighted by Gasteiger charge is 2.10. The quantitative estimate of drug-likeness (QED) is 0.800. The summed E-state index contributed by atoms with van der Waals surface area (Å²) in [6.45, 7) is 1.11. The van der Waals surface area contributed by atoms with Crippen molar-refractivity contribution in [3.8, 4) is 11.8 Å². The maximum Gasteiger partial charge on any atom is 0.260 e. The second-order valence-electron chi connectivity index (χ2n) is 4.15. The molecule has 0 heterocycles. The summed E-state index contributed by atoms with van der Waals surface area (Å²) in [5, 5.41) is 11.5. The molecule has 1 rings (SSSR count). The normalized spacial score (nSPS) is 9.74. The van der Waals surface area contributed by atoms with Gasteiger partial charge in [0.1, 0.15) is 5.75 Å². The van der Waals surface area contributed by atoms with Gasteiger partial charge < -0.3 is 15.0 Å². The third-order valence-corrected chi connectivity index (χ3v) is 2.68. The lowest BCUT2D eigenvalue weighted by Crippen LogP contribution is -2.32. The smallest absolute Gasteiger partial charge is 0.260 e. The first-order valence-corrected chi connectivity index (χ1v) is 6.15. The number of amides is 1. The van der Waals surface area contributed by atoms with Crippen molar-refractivity contribution in [1.82, 2.24) is 10.2 Å². The zero-order valence-corrected chi connectivity index (χ0v) is 11.3. The first-order valence-electron chi connectivity index (χ1n) is 6.15. The van der Waals surface area contributed by atoms with E-state index in [9.17, 15) is 4.79 Å². The molecule has 0 aliphatic rings. The largest absolute Gasteiger partial charge is 0.483 e. The van der Waals surface area contributed by atoms with Crippen molar-refractivity contribution in [3.05, 3.63) is 29.8 Å². The van der Waals surface area contributed by atoms with Crippen molar-refractivity contribution in [3.63, 3.8) is 0 Å². The molecule has 1 aromatic carbocycles. The van der Waals surface area contributed by atoms with Gasteiger partial charge in [0, 0.05) is 25.7 Å². The van der Waals surface area contributed by atoms with Crippen LogP contribution in [0, 0.1) is 11.3 Å². The average molecular weight is 261 g/mol. The zero-order valence-electron chi connectivity index (χ0n) is 11.3. The topological polar surface area (TPSA) is 65.4 Å². The number of likely N-dealkylation sites (N-methyl/N-ethyl adjacent to an activating group) is 1. The van der Waals surface area contributed by atoms with Gasteiger partial charge in [-0.3, -0.25) is 4.79 Å². The van der Waals surface area contributed by atoms with E-state index >= 15 is 0 Å². The highest BCUT2D eigenvalue weighted by molar-refractivity contribution is 5.77. The van der Waals surface area contributed by atoms with Crippen molar-refractivity contribution >= 4 is 5.91 Å². The molecule has 0 aliphatic carbocycles. The summed E-state index contributed by atoms with van der Waals surface area (Å²) in [6.07, 6.45) is 0.332. The van der Waals surface area contributed by atoms with Gasteiger partial charge >= 0.3 is 0 Å². The molecule has 0 aliphatic heterocycles. The molecule has 1 N–H and O–H groups in total. The summed E-state index contributed by atoms with van der Waals surface area (Å²) in [5.41, 5.74) is 1.01. The minimum absolute atomic E-state index is 0.0113. The molecule has 0 spiro atoms. The van der Waals surface area contributed by atoms with Gasteiger partial charge in [-0.05, 0) is 13.1 Å². The van der Waals surface area contributed by atoms with E-state index < -0.39 is 0 Å². The fourth-order valence-corrected chi connectivity index (χ4v) is 1.57. The SMILES string of the molecule is CNCc1ccccc1OCC(=O)N(C)CCC#N. The van der Waals surface area contributed by atoms with Gasteiger partial charge in [-0.1, -0.05) is 18.2 Å². The molecule has 19 heavy (non-hydrogen) atoms. The number of hydrogen-bond donors (Lipinski definition) is 1. The Morgan fingerprint density at radius 2 is 2.21 bits per heavy atom. The van der Waals surface area contributed by atoms with E-state index in [0.717, 1.165) is 5.56 Å². The Morgan fingerprint density at radius 3 is 2.89 bits per heavy atom. The lowest BCUT2D eigenvalue weighted by Gasteiger charge is -2.17. The first-order chi connectivity index (χ1) is 9.19. The fourth-order valence-electron chi connectivity index (χ4n) is 1.57. The summed E-state index contributed by atoms with van der Waals surface area (Å²) < 4.78 is 5.54. The Hall–Kier alpha value is -2.06. The number of nitrogens with one attached hydrogen (secondary N) is 1. The van der Waals surface area contributed by atoms with Crippen LogP contribution >= 0.6 is 0 Å². The molecule has 0 radical (unpaired) electrons. The minimum atomic E-state index is -0.130. The number of nitrogens with zero attached hydrogens (tertiary/aromatic N) is 2. The second-order valence-corrected chi connectivity index (χ2v) is 4.15. The number of carbonyl (C=O) groups excluding carboxylic acids is 1. The lowest BCUT2D eigenvalue weighted by atomic mass is 10.2. The lowest BCUT2D eigenvalue weighted by molar-refractivity contribution is -0.131. The van der Waals surface area contributed by atoms with E-state index in [2.05, 4.69) is 5.32 Å². The van der Waals surface area contributed by atoms with Crippen LogP contribution in [0.3, 0.4) is 0 Å². The highest BCUT2D eigenvalue weighted by atomic mass is 16.5. The van der Waals surface area contributed by atoms with E-state index in [1.54, 1.807) is 7.05 Å². The molecule has 0 atom stereocenters. The third kappa shape index (κ3) is 4.98. The van der Waals surface area contributed by atoms with Gasteiger partial charge in [0.05, 0.1) is 12.5 Å². The molecule has 0 saturated heterocycles. The molecule has 0 unspecified atom stereocenters. The fraction of sp³-hybridized carbons (Fsp3) is 0.429. The van der Waals surface area contributed by atoms with E-state index in [0.29, 0.717) is 25.3 Å². The van der Waals surface area contributed by atoms with Crippen LogP contribution in [0.25, 0.3) is 0 Å². The van der Waals surface area contributed by atoms with Crippen molar-refractivity contribution < 1.29 is 9.53 Å². The van der Waals surface area contributed by atoms with Gasteiger partial charge in [-0.15, -0.1) is 0 Å². The van der Waals surface area contributed by atoms with Gasteiger partial charge in [-0.2, -0.15) is 5.26 Å². The molecule has 102 valence electrons. The van der Waals surface area contributed by atoms with Gasteiger partial charge in [0.25, 0.3) is 5.91 Å². The number of hydrogen-bond acceptors (Lipinski definition) is 4. The maximum absolute atomic E-state index is 11.8. The molecular formula is C14H19N3O2. The predicted molar refractivity (Wildman–Crippen MR) is 72.6 cm³/mol. The second kappa shape index (κ2) is 8.11. The number of rotatable bonds is 7. The van der Waals surface area contributed by atoms with Crippen LogP contribution in [-0.4, -0.2) is 38.1 Å². The molecule has 1 aromatic rings. The molecule has 0 fully saturated rings. The van der Waals surface area contributed by atoms with Crippen LogP contribution in [0.4, 0.5) is 0 Å². The van der Waals surface area contributed by atoms with Crippen LogP contribution in [0.5, 0.6) is 5.75 Å². The highest BCUT2D eigenvalue weighted by Crippen LogP contribution is 2.17. The Bertz CT molecular complexity index is 454. The predicted octanol–water partition coefficient (Wildman–Crippen LogP) is 1.16. The summed E-state index contributed by atoms with van der Waals surface area (Å²) in [7, 11) is 3.53.